The zero-order valence-electron chi connectivity index (χ0n) is 7.44. The van der Waals surface area contributed by atoms with Gasteiger partial charge in [-0.05, 0) is 6.92 Å². The summed E-state index contributed by atoms with van der Waals surface area (Å²) in [5.74, 6) is -0.0129. The highest BCUT2D eigenvalue weighted by Crippen LogP contribution is 2.13. The van der Waals surface area contributed by atoms with E-state index < -0.39 is 5.97 Å². The minimum atomic E-state index is -0.437. The van der Waals surface area contributed by atoms with Crippen molar-refractivity contribution in [2.75, 3.05) is 7.11 Å². The molecule has 0 bridgehead atoms. The maximum Gasteiger partial charge on any atom is 0.311 e. The van der Waals surface area contributed by atoms with E-state index in [-0.39, 0.29) is 12.2 Å². The van der Waals surface area contributed by atoms with Gasteiger partial charge in [0.2, 0.25) is 0 Å². The molecular weight excluding hydrogens is 172 g/mol. The summed E-state index contributed by atoms with van der Waals surface area (Å²) in [6, 6.07) is 0. The summed E-state index contributed by atoms with van der Waals surface area (Å²) in [6.07, 6.45) is 1.23. The van der Waals surface area contributed by atoms with Crippen LogP contribution in [0.15, 0.2) is 6.20 Å². The molecule has 70 valence electrons. The van der Waals surface area contributed by atoms with Gasteiger partial charge in [-0.1, -0.05) is 0 Å². The first-order valence-electron chi connectivity index (χ1n) is 3.71. The molecule has 13 heavy (non-hydrogen) atoms. The number of nitrogens with zero attached hydrogens (tertiary/aromatic N) is 2. The van der Waals surface area contributed by atoms with Crippen molar-refractivity contribution >= 4 is 5.97 Å². The number of rotatable bonds is 2. The van der Waals surface area contributed by atoms with Crippen LogP contribution in [0, 0.1) is 6.92 Å². The van der Waals surface area contributed by atoms with Gasteiger partial charge in [-0.25, -0.2) is 9.97 Å². The fraction of sp³-hybridized carbons (Fsp3) is 0.375. The van der Waals surface area contributed by atoms with Crippen LogP contribution in [0.1, 0.15) is 11.5 Å². The molecular formula is C8H10N2O3. The van der Waals surface area contributed by atoms with Gasteiger partial charge in [0.1, 0.15) is 5.82 Å². The van der Waals surface area contributed by atoms with Gasteiger partial charge in [0.05, 0.1) is 25.4 Å². The lowest BCUT2D eigenvalue weighted by Crippen LogP contribution is -2.07. The predicted molar refractivity (Wildman–Crippen MR) is 44.2 cm³/mol. The van der Waals surface area contributed by atoms with Crippen molar-refractivity contribution in [1.82, 2.24) is 9.97 Å². The number of hydrogen-bond acceptors (Lipinski definition) is 5. The Morgan fingerprint density at radius 1 is 1.69 bits per heavy atom. The standard InChI is InChI=1S/C8H10N2O3/c1-5-9-4-7(11)6(10-5)3-8(12)13-2/h4,11H,3H2,1-2H3. The van der Waals surface area contributed by atoms with E-state index >= 15 is 0 Å². The molecule has 0 fully saturated rings. The molecule has 0 unspecified atom stereocenters. The van der Waals surface area contributed by atoms with E-state index in [2.05, 4.69) is 14.7 Å². The highest BCUT2D eigenvalue weighted by Gasteiger charge is 2.09. The molecule has 1 aromatic heterocycles. The molecule has 0 aromatic carbocycles. The smallest absolute Gasteiger partial charge is 0.311 e. The maximum absolute atomic E-state index is 10.9. The Balaban J connectivity index is 2.87. The molecule has 1 N–H and O–H groups in total. The molecule has 1 rings (SSSR count). The monoisotopic (exact) mass is 182 g/mol. The number of carbonyl (C=O) groups excluding carboxylic acids is 1. The van der Waals surface area contributed by atoms with Crippen LogP contribution in [0.3, 0.4) is 0 Å². The van der Waals surface area contributed by atoms with Crippen molar-refractivity contribution in [2.45, 2.75) is 13.3 Å². The highest BCUT2D eigenvalue weighted by molar-refractivity contribution is 5.72. The second-order valence-electron chi connectivity index (χ2n) is 2.50. The number of aromatic nitrogens is 2. The van der Waals surface area contributed by atoms with E-state index in [4.69, 9.17) is 0 Å². The number of esters is 1. The Bertz CT molecular complexity index is 325. The summed E-state index contributed by atoms with van der Waals surface area (Å²) in [7, 11) is 1.29. The molecule has 0 radical (unpaired) electrons. The van der Waals surface area contributed by atoms with Crippen LogP contribution in [0.5, 0.6) is 5.75 Å². The molecule has 0 saturated heterocycles. The molecule has 5 heteroatoms. The van der Waals surface area contributed by atoms with Crippen LogP contribution >= 0.6 is 0 Å². The van der Waals surface area contributed by atoms with Crippen molar-refractivity contribution in [1.29, 1.82) is 0 Å². The molecule has 0 aliphatic heterocycles. The first-order chi connectivity index (χ1) is 6.13. The van der Waals surface area contributed by atoms with Gasteiger partial charge in [-0.2, -0.15) is 0 Å². The summed E-state index contributed by atoms with van der Waals surface area (Å²) in [5, 5.41) is 9.25. The largest absolute Gasteiger partial charge is 0.504 e. The van der Waals surface area contributed by atoms with E-state index in [9.17, 15) is 9.90 Å². The SMILES string of the molecule is COC(=O)Cc1nc(C)ncc1O. The van der Waals surface area contributed by atoms with Crippen LogP contribution in [0.4, 0.5) is 0 Å². The fourth-order valence-electron chi connectivity index (χ4n) is 0.850. The third-order valence-corrected chi connectivity index (χ3v) is 1.51. The van der Waals surface area contributed by atoms with Crippen LogP contribution in [-0.2, 0) is 16.0 Å². The predicted octanol–water partition coefficient (Wildman–Crippen LogP) is 0.206. The van der Waals surface area contributed by atoms with E-state index in [0.29, 0.717) is 11.5 Å². The van der Waals surface area contributed by atoms with Crippen LogP contribution in [0.25, 0.3) is 0 Å². The second kappa shape index (κ2) is 3.84. The van der Waals surface area contributed by atoms with Gasteiger partial charge in [-0.3, -0.25) is 4.79 Å². The molecule has 0 spiro atoms. The summed E-state index contributed by atoms with van der Waals surface area (Å²) in [5.41, 5.74) is 0.291. The van der Waals surface area contributed by atoms with Gasteiger partial charge in [0.15, 0.2) is 5.75 Å². The third kappa shape index (κ3) is 2.40. The van der Waals surface area contributed by atoms with Gasteiger partial charge < -0.3 is 9.84 Å². The minimum absolute atomic E-state index is 0.0360. The molecule has 0 saturated carbocycles. The fourth-order valence-corrected chi connectivity index (χ4v) is 0.850. The molecule has 0 atom stereocenters. The zero-order chi connectivity index (χ0) is 9.84. The number of ether oxygens (including phenoxy) is 1. The van der Waals surface area contributed by atoms with E-state index in [1.54, 1.807) is 6.92 Å². The molecule has 0 aliphatic carbocycles. The summed E-state index contributed by atoms with van der Waals surface area (Å²) >= 11 is 0. The second-order valence-corrected chi connectivity index (χ2v) is 2.50. The van der Waals surface area contributed by atoms with Crippen molar-refractivity contribution in [2.24, 2.45) is 0 Å². The normalized spacial score (nSPS) is 9.69. The number of carbonyl (C=O) groups is 1. The average Bonchev–Trinajstić information content (AvgIpc) is 2.11. The van der Waals surface area contributed by atoms with Crippen LogP contribution in [-0.4, -0.2) is 28.2 Å². The number of hydrogen-bond donors (Lipinski definition) is 1. The van der Waals surface area contributed by atoms with E-state index in [1.807, 2.05) is 0 Å². The lowest BCUT2D eigenvalue weighted by molar-refractivity contribution is -0.139. The first kappa shape index (κ1) is 9.44. The third-order valence-electron chi connectivity index (χ3n) is 1.51. The van der Waals surface area contributed by atoms with Crippen LogP contribution < -0.4 is 0 Å². The Kier molecular flexibility index (Phi) is 2.79. The Morgan fingerprint density at radius 2 is 2.38 bits per heavy atom. The van der Waals surface area contributed by atoms with Gasteiger partial charge in [0.25, 0.3) is 0 Å². The van der Waals surface area contributed by atoms with E-state index in [0.717, 1.165) is 0 Å². The number of aromatic hydroxyl groups is 1. The van der Waals surface area contributed by atoms with Crippen molar-refractivity contribution < 1.29 is 14.6 Å². The van der Waals surface area contributed by atoms with Gasteiger partial charge in [0, 0.05) is 0 Å². The number of methoxy groups -OCH3 is 1. The highest BCUT2D eigenvalue weighted by atomic mass is 16.5. The number of aryl methyl sites for hydroxylation is 1. The maximum atomic E-state index is 10.9. The average molecular weight is 182 g/mol. The zero-order valence-corrected chi connectivity index (χ0v) is 7.44. The quantitative estimate of drug-likeness (QED) is 0.662. The van der Waals surface area contributed by atoms with Crippen LogP contribution in [0.2, 0.25) is 0 Å². The minimum Gasteiger partial charge on any atom is -0.504 e. The Morgan fingerprint density at radius 3 is 3.00 bits per heavy atom. The van der Waals surface area contributed by atoms with Crippen molar-refractivity contribution in [3.63, 3.8) is 0 Å². The summed E-state index contributed by atoms with van der Waals surface area (Å²) < 4.78 is 4.44. The topological polar surface area (TPSA) is 72.3 Å². The van der Waals surface area contributed by atoms with Crippen molar-refractivity contribution in [3.05, 3.63) is 17.7 Å². The molecule has 5 nitrogen and oxygen atoms in total. The lowest BCUT2D eigenvalue weighted by Gasteiger charge is -2.02. The lowest BCUT2D eigenvalue weighted by atomic mass is 10.3. The molecule has 1 heterocycles. The van der Waals surface area contributed by atoms with Gasteiger partial charge in [-0.15, -0.1) is 0 Å². The Hall–Kier alpha value is -1.65. The van der Waals surface area contributed by atoms with Gasteiger partial charge >= 0.3 is 5.97 Å². The molecule has 1 aromatic rings. The summed E-state index contributed by atoms with van der Waals surface area (Å²) in [6.45, 7) is 1.68. The molecule has 0 aliphatic rings. The summed E-state index contributed by atoms with van der Waals surface area (Å²) in [4.78, 5) is 18.5. The van der Waals surface area contributed by atoms with Crippen molar-refractivity contribution in [3.8, 4) is 5.75 Å². The first-order valence-corrected chi connectivity index (χ1v) is 3.71. The molecule has 0 amide bonds. The van der Waals surface area contributed by atoms with E-state index in [1.165, 1.54) is 13.3 Å². The Labute approximate surface area is 75.4 Å².